The Bertz CT molecular complexity index is 409. The molecular formula is C11H8Cl2S. The molecule has 14 heavy (non-hydrogen) atoms. The van der Waals surface area contributed by atoms with Crippen LogP contribution in [0.1, 0.15) is 15.8 Å². The van der Waals surface area contributed by atoms with Gasteiger partial charge in [0, 0.05) is 9.90 Å². The van der Waals surface area contributed by atoms with Crippen LogP contribution in [0.15, 0.2) is 41.8 Å². The van der Waals surface area contributed by atoms with Gasteiger partial charge in [-0.3, -0.25) is 0 Å². The van der Waals surface area contributed by atoms with Gasteiger partial charge in [0.1, 0.15) is 0 Å². The molecule has 0 fully saturated rings. The first-order valence-corrected chi connectivity index (χ1v) is 5.90. The molecule has 0 saturated heterocycles. The molecule has 0 aliphatic heterocycles. The molecule has 0 spiro atoms. The van der Waals surface area contributed by atoms with Crippen LogP contribution in [0.2, 0.25) is 5.02 Å². The summed E-state index contributed by atoms with van der Waals surface area (Å²) in [7, 11) is 0. The quantitative estimate of drug-likeness (QED) is 0.669. The van der Waals surface area contributed by atoms with Crippen LogP contribution in [0.25, 0.3) is 0 Å². The average molecular weight is 243 g/mol. The number of benzene rings is 1. The van der Waals surface area contributed by atoms with Crippen LogP contribution in [0.4, 0.5) is 0 Å². The van der Waals surface area contributed by atoms with E-state index in [0.717, 1.165) is 15.5 Å². The lowest BCUT2D eigenvalue weighted by atomic mass is 10.1. The highest BCUT2D eigenvalue weighted by atomic mass is 35.5. The van der Waals surface area contributed by atoms with Gasteiger partial charge in [0.15, 0.2) is 0 Å². The van der Waals surface area contributed by atoms with Gasteiger partial charge in [0.2, 0.25) is 0 Å². The van der Waals surface area contributed by atoms with E-state index < -0.39 is 0 Å². The Morgan fingerprint density at radius 1 is 1.07 bits per heavy atom. The van der Waals surface area contributed by atoms with Crippen molar-refractivity contribution in [3.05, 3.63) is 57.2 Å². The second-order valence-electron chi connectivity index (χ2n) is 2.90. The Morgan fingerprint density at radius 2 is 1.86 bits per heavy atom. The summed E-state index contributed by atoms with van der Waals surface area (Å²) in [6, 6.07) is 11.7. The van der Waals surface area contributed by atoms with Crippen molar-refractivity contribution >= 4 is 34.5 Å². The van der Waals surface area contributed by atoms with E-state index in [1.165, 1.54) is 0 Å². The highest BCUT2D eigenvalue weighted by Crippen LogP contribution is 2.35. The molecule has 0 amide bonds. The largest absolute Gasteiger partial charge is 0.147 e. The molecular weight excluding hydrogens is 235 g/mol. The lowest BCUT2D eigenvalue weighted by Gasteiger charge is -2.08. The Labute approximate surface area is 97.1 Å². The molecule has 0 aliphatic carbocycles. The summed E-state index contributed by atoms with van der Waals surface area (Å²) >= 11 is 14.0. The molecule has 0 nitrogen and oxygen atoms in total. The molecule has 1 aromatic carbocycles. The van der Waals surface area contributed by atoms with Crippen molar-refractivity contribution < 1.29 is 0 Å². The van der Waals surface area contributed by atoms with Gasteiger partial charge in [-0.2, -0.15) is 0 Å². The fourth-order valence-electron chi connectivity index (χ4n) is 1.27. The third kappa shape index (κ3) is 1.95. The molecule has 1 heterocycles. The van der Waals surface area contributed by atoms with Crippen molar-refractivity contribution in [2.75, 3.05) is 0 Å². The van der Waals surface area contributed by atoms with Crippen molar-refractivity contribution in [1.82, 2.24) is 0 Å². The predicted molar refractivity (Wildman–Crippen MR) is 63.5 cm³/mol. The van der Waals surface area contributed by atoms with Gasteiger partial charge < -0.3 is 0 Å². The molecule has 72 valence electrons. The molecule has 0 aliphatic rings. The van der Waals surface area contributed by atoms with E-state index in [9.17, 15) is 0 Å². The second kappa shape index (κ2) is 4.35. The van der Waals surface area contributed by atoms with E-state index in [1.807, 2.05) is 41.8 Å². The third-order valence-electron chi connectivity index (χ3n) is 1.97. The van der Waals surface area contributed by atoms with Gasteiger partial charge in [-0.15, -0.1) is 22.9 Å². The highest BCUT2D eigenvalue weighted by Gasteiger charge is 2.13. The van der Waals surface area contributed by atoms with E-state index in [4.69, 9.17) is 23.2 Å². The first kappa shape index (κ1) is 10.0. The van der Waals surface area contributed by atoms with Crippen molar-refractivity contribution in [1.29, 1.82) is 0 Å². The minimum atomic E-state index is -0.135. The summed E-state index contributed by atoms with van der Waals surface area (Å²) in [6.45, 7) is 0. The first-order valence-electron chi connectivity index (χ1n) is 4.21. The Morgan fingerprint density at radius 3 is 2.50 bits per heavy atom. The van der Waals surface area contributed by atoms with Crippen molar-refractivity contribution in [2.24, 2.45) is 0 Å². The van der Waals surface area contributed by atoms with Gasteiger partial charge >= 0.3 is 0 Å². The Balaban J connectivity index is 2.37. The van der Waals surface area contributed by atoms with Crippen molar-refractivity contribution in [2.45, 2.75) is 5.38 Å². The molecule has 2 rings (SSSR count). The van der Waals surface area contributed by atoms with Crippen LogP contribution in [0.5, 0.6) is 0 Å². The SMILES string of the molecule is Clc1ccccc1C(Cl)c1cccs1. The van der Waals surface area contributed by atoms with Crippen molar-refractivity contribution in [3.63, 3.8) is 0 Å². The van der Waals surface area contributed by atoms with E-state index in [0.29, 0.717) is 0 Å². The zero-order chi connectivity index (χ0) is 9.97. The van der Waals surface area contributed by atoms with Crippen LogP contribution >= 0.6 is 34.5 Å². The highest BCUT2D eigenvalue weighted by molar-refractivity contribution is 7.10. The van der Waals surface area contributed by atoms with E-state index >= 15 is 0 Å². The van der Waals surface area contributed by atoms with Gasteiger partial charge in [-0.1, -0.05) is 35.9 Å². The van der Waals surface area contributed by atoms with Crippen LogP contribution in [0.3, 0.4) is 0 Å². The molecule has 0 radical (unpaired) electrons. The minimum Gasteiger partial charge on any atom is -0.147 e. The molecule has 1 atom stereocenters. The summed E-state index contributed by atoms with van der Waals surface area (Å²) in [5.41, 5.74) is 0.971. The maximum Gasteiger partial charge on any atom is 0.0942 e. The Kier molecular flexibility index (Phi) is 3.12. The first-order chi connectivity index (χ1) is 6.79. The molecule has 0 N–H and O–H groups in total. The topological polar surface area (TPSA) is 0 Å². The number of hydrogen-bond donors (Lipinski definition) is 0. The molecule has 2 aromatic rings. The van der Waals surface area contributed by atoms with Crippen LogP contribution in [-0.4, -0.2) is 0 Å². The van der Waals surface area contributed by atoms with E-state index in [1.54, 1.807) is 11.3 Å². The summed E-state index contributed by atoms with van der Waals surface area (Å²) in [6.07, 6.45) is 0. The summed E-state index contributed by atoms with van der Waals surface area (Å²) in [5.74, 6) is 0. The Hall–Kier alpha value is -0.500. The summed E-state index contributed by atoms with van der Waals surface area (Å²) < 4.78 is 0. The number of thiophene rings is 1. The monoisotopic (exact) mass is 242 g/mol. The van der Waals surface area contributed by atoms with Crippen molar-refractivity contribution in [3.8, 4) is 0 Å². The average Bonchev–Trinajstić information content (AvgIpc) is 2.70. The van der Waals surface area contributed by atoms with Gasteiger partial charge in [0.25, 0.3) is 0 Å². The normalized spacial score (nSPS) is 12.7. The fourth-order valence-corrected chi connectivity index (χ4v) is 2.71. The lowest BCUT2D eigenvalue weighted by molar-refractivity contribution is 1.18. The lowest BCUT2D eigenvalue weighted by Crippen LogP contribution is -1.90. The maximum absolute atomic E-state index is 6.30. The van der Waals surface area contributed by atoms with E-state index in [-0.39, 0.29) is 5.38 Å². The zero-order valence-corrected chi connectivity index (χ0v) is 9.61. The molecule has 3 heteroatoms. The van der Waals surface area contributed by atoms with Crippen LogP contribution in [-0.2, 0) is 0 Å². The summed E-state index contributed by atoms with van der Waals surface area (Å²) in [5, 5.41) is 2.60. The van der Waals surface area contributed by atoms with Gasteiger partial charge in [0.05, 0.1) is 5.38 Å². The number of alkyl halides is 1. The fraction of sp³-hybridized carbons (Fsp3) is 0.0909. The number of halogens is 2. The standard InChI is InChI=1S/C11H8Cl2S/c12-9-5-2-1-4-8(9)11(13)10-6-3-7-14-10/h1-7,11H. The molecule has 0 saturated carbocycles. The van der Waals surface area contributed by atoms with E-state index in [2.05, 4.69) is 0 Å². The number of hydrogen-bond acceptors (Lipinski definition) is 1. The summed E-state index contributed by atoms with van der Waals surface area (Å²) in [4.78, 5) is 1.12. The minimum absolute atomic E-state index is 0.135. The predicted octanol–water partition coefficient (Wildman–Crippen LogP) is 4.73. The molecule has 1 unspecified atom stereocenters. The molecule has 1 aromatic heterocycles. The van der Waals surface area contributed by atoms with Crippen LogP contribution in [0, 0.1) is 0 Å². The van der Waals surface area contributed by atoms with Crippen LogP contribution < -0.4 is 0 Å². The second-order valence-corrected chi connectivity index (χ2v) is 4.72. The zero-order valence-electron chi connectivity index (χ0n) is 7.28. The third-order valence-corrected chi connectivity index (χ3v) is 3.85. The smallest absolute Gasteiger partial charge is 0.0942 e. The molecule has 0 bridgehead atoms. The van der Waals surface area contributed by atoms with Gasteiger partial charge in [-0.25, -0.2) is 0 Å². The number of rotatable bonds is 2. The maximum atomic E-state index is 6.30. The van der Waals surface area contributed by atoms with Gasteiger partial charge in [-0.05, 0) is 23.1 Å².